The highest BCUT2D eigenvalue weighted by molar-refractivity contribution is 5.96. The molecule has 1 aliphatic rings. The lowest BCUT2D eigenvalue weighted by molar-refractivity contribution is 0.971. The van der Waals surface area contributed by atoms with Gasteiger partial charge in [-0.25, -0.2) is 4.99 Å². The summed E-state index contributed by atoms with van der Waals surface area (Å²) in [4.78, 5) is 12.3. The van der Waals surface area contributed by atoms with Gasteiger partial charge in [0.2, 0.25) is 5.95 Å². The molecule has 0 saturated heterocycles. The molecule has 1 aromatic rings. The van der Waals surface area contributed by atoms with E-state index in [-0.39, 0.29) is 5.95 Å². The van der Waals surface area contributed by atoms with Crippen LogP contribution in [0.1, 0.15) is 19.8 Å². The highest BCUT2D eigenvalue weighted by Crippen LogP contribution is 2.31. The Balaban J connectivity index is 2.41. The zero-order valence-electron chi connectivity index (χ0n) is 8.62. The number of hydrogen-bond donors (Lipinski definition) is 3. The predicted octanol–water partition coefficient (Wildman–Crippen LogP) is 0.939. The Labute approximate surface area is 87.8 Å². The molecule has 5 N–H and O–H groups in total. The van der Waals surface area contributed by atoms with Crippen LogP contribution in [0.15, 0.2) is 4.99 Å². The van der Waals surface area contributed by atoms with Crippen molar-refractivity contribution in [3.8, 4) is 0 Å². The van der Waals surface area contributed by atoms with Crippen molar-refractivity contribution in [1.82, 2.24) is 9.97 Å². The fourth-order valence-corrected chi connectivity index (χ4v) is 1.54. The van der Waals surface area contributed by atoms with Crippen LogP contribution in [0.2, 0.25) is 0 Å². The average molecular weight is 206 g/mol. The number of nitrogens with one attached hydrogen (secondary N) is 1. The van der Waals surface area contributed by atoms with Gasteiger partial charge < -0.3 is 16.8 Å². The number of nitrogen functional groups attached to an aromatic ring is 2. The molecule has 6 heteroatoms. The summed E-state index contributed by atoms with van der Waals surface area (Å²) in [6.45, 7) is 2.82. The lowest BCUT2D eigenvalue weighted by Gasteiger charge is -2.17. The maximum Gasteiger partial charge on any atom is 0.224 e. The van der Waals surface area contributed by atoms with Gasteiger partial charge in [-0.05, 0) is 6.42 Å². The van der Waals surface area contributed by atoms with Gasteiger partial charge in [0.15, 0.2) is 11.6 Å². The second-order valence-electron chi connectivity index (χ2n) is 3.45. The van der Waals surface area contributed by atoms with Crippen molar-refractivity contribution in [2.75, 3.05) is 23.3 Å². The maximum atomic E-state index is 5.72. The van der Waals surface area contributed by atoms with Crippen LogP contribution < -0.4 is 16.8 Å². The molecule has 0 atom stereocenters. The largest absolute Gasteiger partial charge is 0.382 e. The molecule has 0 aromatic carbocycles. The summed E-state index contributed by atoms with van der Waals surface area (Å²) >= 11 is 0. The molecule has 0 unspecified atom stereocenters. The van der Waals surface area contributed by atoms with E-state index in [0.29, 0.717) is 23.9 Å². The number of aromatic nitrogens is 2. The number of nitrogens with zero attached hydrogens (tertiary/aromatic N) is 3. The van der Waals surface area contributed by atoms with Crippen LogP contribution in [0.3, 0.4) is 0 Å². The number of fused-ring (bicyclic) bond motifs is 1. The molecule has 0 radical (unpaired) electrons. The molecule has 6 nitrogen and oxygen atoms in total. The van der Waals surface area contributed by atoms with E-state index in [1.54, 1.807) is 0 Å². The molecule has 0 amide bonds. The Hall–Kier alpha value is -1.85. The standard InChI is InChI=1S/C9H14N6/c1-2-3-5-4-12-8-6(13-5)7(10)14-9(11)15-8/h2-4H2,1H3,(H5,10,11,12,14,15). The molecule has 15 heavy (non-hydrogen) atoms. The molecule has 1 aliphatic heterocycles. The van der Waals surface area contributed by atoms with Crippen molar-refractivity contribution in [3.63, 3.8) is 0 Å². The van der Waals surface area contributed by atoms with Crippen molar-refractivity contribution in [3.05, 3.63) is 0 Å². The van der Waals surface area contributed by atoms with Crippen LogP contribution in [0, 0.1) is 0 Å². The first-order valence-electron chi connectivity index (χ1n) is 4.94. The number of anilines is 3. The molecule has 0 saturated carbocycles. The highest BCUT2D eigenvalue weighted by atomic mass is 15.2. The summed E-state index contributed by atoms with van der Waals surface area (Å²) in [6.07, 6.45) is 2.02. The van der Waals surface area contributed by atoms with Crippen LogP contribution in [0.25, 0.3) is 0 Å². The molecule has 1 aromatic heterocycles. The molecule has 0 spiro atoms. The van der Waals surface area contributed by atoms with E-state index in [1.165, 1.54) is 0 Å². The van der Waals surface area contributed by atoms with E-state index in [4.69, 9.17) is 11.5 Å². The minimum atomic E-state index is 0.174. The fraction of sp³-hybridized carbons (Fsp3) is 0.444. The molecule has 80 valence electrons. The molecular weight excluding hydrogens is 192 g/mol. The zero-order chi connectivity index (χ0) is 10.8. The van der Waals surface area contributed by atoms with Crippen LogP contribution in [-0.2, 0) is 0 Å². The first-order chi connectivity index (χ1) is 7.20. The van der Waals surface area contributed by atoms with Gasteiger partial charge >= 0.3 is 0 Å². The van der Waals surface area contributed by atoms with Crippen molar-refractivity contribution in [2.45, 2.75) is 19.8 Å². The normalized spacial score (nSPS) is 14.1. The number of nitrogens with two attached hydrogens (primary N) is 2. The minimum Gasteiger partial charge on any atom is -0.382 e. The van der Waals surface area contributed by atoms with Crippen LogP contribution in [-0.4, -0.2) is 22.2 Å². The fourth-order valence-electron chi connectivity index (χ4n) is 1.54. The lowest BCUT2D eigenvalue weighted by atomic mass is 10.2. The number of aliphatic imine (C=N–C) groups is 1. The Bertz CT molecular complexity index is 411. The summed E-state index contributed by atoms with van der Waals surface area (Å²) in [6, 6.07) is 0. The number of rotatable bonds is 2. The van der Waals surface area contributed by atoms with Crippen LogP contribution in [0.4, 0.5) is 23.3 Å². The maximum absolute atomic E-state index is 5.72. The van der Waals surface area contributed by atoms with Gasteiger partial charge in [-0.2, -0.15) is 9.97 Å². The smallest absolute Gasteiger partial charge is 0.224 e. The van der Waals surface area contributed by atoms with Crippen molar-refractivity contribution >= 4 is 29.0 Å². The minimum absolute atomic E-state index is 0.174. The summed E-state index contributed by atoms with van der Waals surface area (Å²) < 4.78 is 0. The monoisotopic (exact) mass is 206 g/mol. The Morgan fingerprint density at radius 2 is 2.13 bits per heavy atom. The van der Waals surface area contributed by atoms with E-state index in [1.807, 2.05) is 0 Å². The second-order valence-corrected chi connectivity index (χ2v) is 3.45. The van der Waals surface area contributed by atoms with Gasteiger partial charge in [0.25, 0.3) is 0 Å². The first kappa shape index (κ1) is 9.70. The quantitative estimate of drug-likeness (QED) is 0.668. The van der Waals surface area contributed by atoms with E-state index < -0.39 is 0 Å². The van der Waals surface area contributed by atoms with Crippen LogP contribution in [0.5, 0.6) is 0 Å². The van der Waals surface area contributed by atoms with Gasteiger partial charge in [0.1, 0.15) is 5.69 Å². The van der Waals surface area contributed by atoms with Gasteiger partial charge in [0, 0.05) is 5.71 Å². The van der Waals surface area contributed by atoms with Gasteiger partial charge in [0.05, 0.1) is 6.54 Å². The lowest BCUT2D eigenvalue weighted by Crippen LogP contribution is -2.19. The van der Waals surface area contributed by atoms with Crippen molar-refractivity contribution in [2.24, 2.45) is 4.99 Å². The van der Waals surface area contributed by atoms with Crippen molar-refractivity contribution < 1.29 is 0 Å². The third-order valence-electron chi connectivity index (χ3n) is 2.20. The van der Waals surface area contributed by atoms with Gasteiger partial charge in [-0.3, -0.25) is 0 Å². The number of hydrogen-bond acceptors (Lipinski definition) is 6. The third kappa shape index (κ3) is 1.83. The first-order valence-corrected chi connectivity index (χ1v) is 4.94. The van der Waals surface area contributed by atoms with E-state index in [2.05, 4.69) is 27.2 Å². The van der Waals surface area contributed by atoms with Crippen molar-refractivity contribution in [1.29, 1.82) is 0 Å². The molecule has 2 heterocycles. The summed E-state index contributed by atoms with van der Waals surface area (Å²) in [5, 5.41) is 3.14. The predicted molar refractivity (Wildman–Crippen MR) is 61.3 cm³/mol. The van der Waals surface area contributed by atoms with E-state index in [9.17, 15) is 0 Å². The third-order valence-corrected chi connectivity index (χ3v) is 2.20. The highest BCUT2D eigenvalue weighted by Gasteiger charge is 2.16. The molecule has 2 rings (SSSR count). The Kier molecular flexibility index (Phi) is 2.40. The van der Waals surface area contributed by atoms with E-state index >= 15 is 0 Å². The van der Waals surface area contributed by atoms with Gasteiger partial charge in [-0.1, -0.05) is 13.3 Å². The summed E-state index contributed by atoms with van der Waals surface area (Å²) in [5.74, 6) is 1.13. The average Bonchev–Trinajstić information content (AvgIpc) is 2.19. The SMILES string of the molecule is CCCC1=Nc2c(N)nc(N)nc2NC1. The molecule has 0 bridgehead atoms. The zero-order valence-corrected chi connectivity index (χ0v) is 8.62. The van der Waals surface area contributed by atoms with Gasteiger partial charge in [-0.15, -0.1) is 0 Å². The Morgan fingerprint density at radius 3 is 2.87 bits per heavy atom. The Morgan fingerprint density at radius 1 is 1.33 bits per heavy atom. The van der Waals surface area contributed by atoms with E-state index in [0.717, 1.165) is 18.6 Å². The second kappa shape index (κ2) is 3.72. The summed E-state index contributed by atoms with van der Waals surface area (Å²) in [5.41, 5.74) is 12.9. The topological polar surface area (TPSA) is 102 Å². The summed E-state index contributed by atoms with van der Waals surface area (Å²) in [7, 11) is 0. The molecule has 0 fully saturated rings. The van der Waals surface area contributed by atoms with Crippen LogP contribution >= 0.6 is 0 Å². The molecule has 0 aliphatic carbocycles. The molecular formula is C9H14N6.